The third kappa shape index (κ3) is 3.28. The van der Waals surface area contributed by atoms with E-state index in [1.54, 1.807) is 0 Å². The van der Waals surface area contributed by atoms with Crippen LogP contribution in [0.15, 0.2) is 18.2 Å². The fourth-order valence-electron chi connectivity index (χ4n) is 1.33. The summed E-state index contributed by atoms with van der Waals surface area (Å²) in [6.45, 7) is 3.62. The first kappa shape index (κ1) is 11.6. The molecule has 82 valence electrons. The van der Waals surface area contributed by atoms with Gasteiger partial charge in [0.1, 0.15) is 0 Å². The summed E-state index contributed by atoms with van der Waals surface area (Å²) in [5.74, 6) is -0.821. The number of halogens is 1. The molecule has 0 bridgehead atoms. The van der Waals surface area contributed by atoms with Crippen molar-refractivity contribution in [1.29, 1.82) is 0 Å². The zero-order valence-electron chi connectivity index (χ0n) is 8.66. The van der Waals surface area contributed by atoms with Gasteiger partial charge in [-0.1, -0.05) is 6.07 Å². The number of hydrogen-bond acceptors (Lipinski definition) is 3. The molecule has 1 aromatic rings. The number of nitro benzene ring substituents is 1. The predicted molar refractivity (Wildman–Crippen MR) is 55.0 cm³/mol. The monoisotopic (exact) mass is 212 g/mol. The Morgan fingerprint density at radius 3 is 2.60 bits per heavy atom. The number of nitrogens with two attached hydrogens (primary N) is 1. The van der Waals surface area contributed by atoms with Crippen molar-refractivity contribution in [3.63, 3.8) is 0 Å². The SMILES string of the molecule is CC(C)(N)Cc1ccc(F)c([N+](=O)[O-])c1. The molecule has 0 radical (unpaired) electrons. The molecule has 15 heavy (non-hydrogen) atoms. The van der Waals surface area contributed by atoms with Crippen molar-refractivity contribution in [2.24, 2.45) is 5.73 Å². The normalized spacial score (nSPS) is 11.5. The molecule has 0 aliphatic heterocycles. The molecule has 4 nitrogen and oxygen atoms in total. The zero-order chi connectivity index (χ0) is 11.6. The summed E-state index contributed by atoms with van der Waals surface area (Å²) in [7, 11) is 0. The van der Waals surface area contributed by atoms with E-state index in [0.29, 0.717) is 12.0 Å². The molecule has 1 rings (SSSR count). The van der Waals surface area contributed by atoms with Crippen molar-refractivity contribution in [1.82, 2.24) is 0 Å². The molecular weight excluding hydrogens is 199 g/mol. The largest absolute Gasteiger partial charge is 0.325 e. The van der Waals surface area contributed by atoms with E-state index in [9.17, 15) is 14.5 Å². The maximum atomic E-state index is 13.0. The number of benzene rings is 1. The second-order valence-electron chi connectivity index (χ2n) is 4.21. The van der Waals surface area contributed by atoms with Crippen LogP contribution in [0, 0.1) is 15.9 Å². The average Bonchev–Trinajstić information content (AvgIpc) is 2.05. The van der Waals surface area contributed by atoms with Crippen LogP contribution >= 0.6 is 0 Å². The van der Waals surface area contributed by atoms with Crippen molar-refractivity contribution < 1.29 is 9.31 Å². The highest BCUT2D eigenvalue weighted by atomic mass is 19.1. The molecule has 5 heteroatoms. The number of hydrogen-bond donors (Lipinski definition) is 1. The van der Waals surface area contributed by atoms with E-state index in [2.05, 4.69) is 0 Å². The Morgan fingerprint density at radius 2 is 2.13 bits per heavy atom. The van der Waals surface area contributed by atoms with E-state index >= 15 is 0 Å². The van der Waals surface area contributed by atoms with Gasteiger partial charge in [-0.3, -0.25) is 10.1 Å². The number of nitro groups is 1. The third-order valence-corrected chi connectivity index (χ3v) is 1.87. The molecule has 0 unspecified atom stereocenters. The summed E-state index contributed by atoms with van der Waals surface area (Å²) >= 11 is 0. The van der Waals surface area contributed by atoms with Gasteiger partial charge in [-0.2, -0.15) is 4.39 Å². The van der Waals surface area contributed by atoms with Gasteiger partial charge in [-0.15, -0.1) is 0 Å². The molecule has 0 aliphatic carbocycles. The van der Waals surface area contributed by atoms with Crippen molar-refractivity contribution >= 4 is 5.69 Å². The van der Waals surface area contributed by atoms with Crippen molar-refractivity contribution in [3.05, 3.63) is 39.7 Å². The Labute approximate surface area is 87.0 Å². The standard InChI is InChI=1S/C10H13FN2O2/c1-10(2,12)6-7-3-4-8(11)9(5-7)13(14)15/h3-5H,6,12H2,1-2H3. The van der Waals surface area contributed by atoms with Crippen LogP contribution in [0.1, 0.15) is 19.4 Å². The molecule has 2 N–H and O–H groups in total. The topological polar surface area (TPSA) is 69.2 Å². The number of nitrogens with zero attached hydrogens (tertiary/aromatic N) is 1. The van der Waals surface area contributed by atoms with Crippen LogP contribution in [0.2, 0.25) is 0 Å². The highest BCUT2D eigenvalue weighted by molar-refractivity contribution is 5.36. The minimum absolute atomic E-state index is 0.466. The fourth-order valence-corrected chi connectivity index (χ4v) is 1.33. The fraction of sp³-hybridized carbons (Fsp3) is 0.400. The molecule has 0 aromatic heterocycles. The first-order chi connectivity index (χ1) is 6.79. The summed E-state index contributed by atoms with van der Waals surface area (Å²) in [5.41, 5.74) is 5.46. The second kappa shape index (κ2) is 3.94. The van der Waals surface area contributed by atoms with Gasteiger partial charge >= 0.3 is 5.69 Å². The van der Waals surface area contributed by atoms with Crippen LogP contribution in [-0.2, 0) is 6.42 Å². The van der Waals surface area contributed by atoms with Gasteiger partial charge in [0.2, 0.25) is 5.82 Å². The molecule has 1 aromatic carbocycles. The summed E-state index contributed by atoms with van der Waals surface area (Å²) in [5, 5.41) is 10.5. The summed E-state index contributed by atoms with van der Waals surface area (Å²) < 4.78 is 13.0. The lowest BCUT2D eigenvalue weighted by atomic mass is 9.96. The lowest BCUT2D eigenvalue weighted by Gasteiger charge is -2.17. The molecule has 0 heterocycles. The Kier molecular flexibility index (Phi) is 3.04. The van der Waals surface area contributed by atoms with Crippen LogP contribution < -0.4 is 5.73 Å². The van der Waals surface area contributed by atoms with Crippen LogP contribution in [-0.4, -0.2) is 10.5 Å². The Balaban J connectivity index is 3.03. The molecule has 0 amide bonds. The van der Waals surface area contributed by atoms with Gasteiger partial charge in [0.15, 0.2) is 0 Å². The van der Waals surface area contributed by atoms with Gasteiger partial charge in [-0.05, 0) is 31.9 Å². The van der Waals surface area contributed by atoms with Crippen molar-refractivity contribution in [2.45, 2.75) is 25.8 Å². The highest BCUT2D eigenvalue weighted by Crippen LogP contribution is 2.20. The summed E-state index contributed by atoms with van der Waals surface area (Å²) in [6.07, 6.45) is 0.466. The van der Waals surface area contributed by atoms with Crippen molar-refractivity contribution in [2.75, 3.05) is 0 Å². The molecule has 0 aliphatic rings. The zero-order valence-corrected chi connectivity index (χ0v) is 8.66. The second-order valence-corrected chi connectivity index (χ2v) is 4.21. The molecular formula is C10H13FN2O2. The Hall–Kier alpha value is -1.49. The first-order valence-electron chi connectivity index (χ1n) is 4.51. The van der Waals surface area contributed by atoms with Gasteiger partial charge in [0.25, 0.3) is 0 Å². The molecule has 0 spiro atoms. The van der Waals surface area contributed by atoms with E-state index in [0.717, 1.165) is 6.07 Å². The quantitative estimate of drug-likeness (QED) is 0.615. The molecule has 0 fully saturated rings. The van der Waals surface area contributed by atoms with Crippen LogP contribution in [0.4, 0.5) is 10.1 Å². The smallest absolute Gasteiger partial charge is 0.305 e. The van der Waals surface area contributed by atoms with Gasteiger partial charge in [-0.25, -0.2) is 0 Å². The van der Waals surface area contributed by atoms with Crippen LogP contribution in [0.3, 0.4) is 0 Å². The van der Waals surface area contributed by atoms with E-state index in [4.69, 9.17) is 5.73 Å². The van der Waals surface area contributed by atoms with Gasteiger partial charge in [0, 0.05) is 11.6 Å². The van der Waals surface area contributed by atoms with E-state index < -0.39 is 22.0 Å². The summed E-state index contributed by atoms with van der Waals surface area (Å²) in [6, 6.07) is 3.83. The van der Waals surface area contributed by atoms with E-state index in [-0.39, 0.29) is 0 Å². The average molecular weight is 212 g/mol. The van der Waals surface area contributed by atoms with Gasteiger partial charge < -0.3 is 5.73 Å². The number of rotatable bonds is 3. The minimum atomic E-state index is -0.821. The first-order valence-corrected chi connectivity index (χ1v) is 4.51. The third-order valence-electron chi connectivity index (χ3n) is 1.87. The van der Waals surface area contributed by atoms with Crippen LogP contribution in [0.5, 0.6) is 0 Å². The van der Waals surface area contributed by atoms with Crippen molar-refractivity contribution in [3.8, 4) is 0 Å². The summed E-state index contributed by atoms with van der Waals surface area (Å²) in [4.78, 5) is 9.74. The van der Waals surface area contributed by atoms with Gasteiger partial charge in [0.05, 0.1) is 4.92 Å². The maximum absolute atomic E-state index is 13.0. The molecule has 0 atom stereocenters. The molecule has 0 saturated carbocycles. The highest BCUT2D eigenvalue weighted by Gasteiger charge is 2.17. The lowest BCUT2D eigenvalue weighted by Crippen LogP contribution is -2.34. The Morgan fingerprint density at radius 1 is 1.53 bits per heavy atom. The minimum Gasteiger partial charge on any atom is -0.325 e. The van der Waals surface area contributed by atoms with E-state index in [1.165, 1.54) is 12.1 Å². The Bertz CT molecular complexity index is 385. The predicted octanol–water partition coefficient (Wildman–Crippen LogP) is 2.01. The van der Waals surface area contributed by atoms with E-state index in [1.807, 2.05) is 13.8 Å². The lowest BCUT2D eigenvalue weighted by molar-refractivity contribution is -0.387. The van der Waals surface area contributed by atoms with Crippen LogP contribution in [0.25, 0.3) is 0 Å². The maximum Gasteiger partial charge on any atom is 0.305 e. The molecule has 0 saturated heterocycles.